The van der Waals surface area contributed by atoms with Crippen LogP contribution >= 0.6 is 11.6 Å². The van der Waals surface area contributed by atoms with E-state index in [-0.39, 0.29) is 12.2 Å². The predicted octanol–water partition coefficient (Wildman–Crippen LogP) is 4.61. The van der Waals surface area contributed by atoms with Gasteiger partial charge in [0.25, 0.3) is 0 Å². The molecule has 1 atom stereocenters. The molecule has 3 rings (SSSR count). The summed E-state index contributed by atoms with van der Waals surface area (Å²) in [6.07, 6.45) is -4.74. The highest BCUT2D eigenvalue weighted by molar-refractivity contribution is 6.30. The highest BCUT2D eigenvalue weighted by atomic mass is 35.5. The van der Waals surface area contributed by atoms with E-state index in [9.17, 15) is 23.5 Å². The molecule has 33 heavy (non-hydrogen) atoms. The number of nitriles is 1. The van der Waals surface area contributed by atoms with E-state index < -0.39 is 23.9 Å². The van der Waals surface area contributed by atoms with Crippen LogP contribution in [0, 0.1) is 11.3 Å². The Bertz CT molecular complexity index is 1240. The summed E-state index contributed by atoms with van der Waals surface area (Å²) in [5, 5.41) is 21.6. The normalized spacial score (nSPS) is 14.1. The Morgan fingerprint density at radius 2 is 1.88 bits per heavy atom. The molecule has 5 N–H and O–H groups in total. The molecule has 0 saturated carbocycles. The number of hydrazine groups is 1. The molecule has 172 valence electrons. The van der Waals surface area contributed by atoms with Crippen molar-refractivity contribution in [1.82, 2.24) is 9.99 Å². The Morgan fingerprint density at radius 3 is 2.45 bits per heavy atom. The third kappa shape index (κ3) is 5.03. The molecule has 0 fully saturated rings. The zero-order chi connectivity index (χ0) is 24.4. The van der Waals surface area contributed by atoms with Crippen LogP contribution in [0.25, 0.3) is 22.0 Å². The van der Waals surface area contributed by atoms with E-state index in [0.29, 0.717) is 16.1 Å². The monoisotopic (exact) mass is 475 g/mol. The average molecular weight is 476 g/mol. The molecule has 0 aliphatic rings. The van der Waals surface area contributed by atoms with Gasteiger partial charge in [-0.15, -0.1) is 0 Å². The number of aromatic nitrogens is 1. The van der Waals surface area contributed by atoms with Crippen molar-refractivity contribution in [3.63, 3.8) is 0 Å². The summed E-state index contributed by atoms with van der Waals surface area (Å²) in [6, 6.07) is 16.1. The number of nitrogens with zero attached hydrogens (tertiary/aromatic N) is 3. The molecule has 1 aromatic heterocycles. The smallest absolute Gasteiger partial charge is 0.398 e. The van der Waals surface area contributed by atoms with Crippen LogP contribution in [-0.2, 0) is 6.54 Å². The minimum Gasteiger partial charge on any atom is -0.398 e. The van der Waals surface area contributed by atoms with Crippen LogP contribution in [0.1, 0.15) is 24.6 Å². The molecule has 1 heterocycles. The van der Waals surface area contributed by atoms with E-state index >= 15 is 0 Å². The van der Waals surface area contributed by atoms with Crippen molar-refractivity contribution in [2.75, 3.05) is 0 Å². The van der Waals surface area contributed by atoms with Gasteiger partial charge in [0.05, 0.1) is 17.8 Å². The summed E-state index contributed by atoms with van der Waals surface area (Å²) in [4.78, 5) is 4.34. The maximum atomic E-state index is 13.2. The van der Waals surface area contributed by atoms with E-state index in [0.717, 1.165) is 27.7 Å². The molecular formula is C23H21ClF3N5O. The second kappa shape index (κ2) is 9.27. The number of rotatable bonds is 6. The lowest BCUT2D eigenvalue weighted by molar-refractivity contribution is -0.245. The number of benzene rings is 2. The molecular weight excluding hydrogens is 455 g/mol. The van der Waals surface area contributed by atoms with Gasteiger partial charge in [-0.3, -0.25) is 0 Å². The minimum absolute atomic E-state index is 0.0109. The number of alkyl halides is 3. The first-order valence-corrected chi connectivity index (χ1v) is 10.2. The van der Waals surface area contributed by atoms with Crippen molar-refractivity contribution in [2.45, 2.75) is 31.7 Å². The predicted molar refractivity (Wildman–Crippen MR) is 120 cm³/mol. The Kier molecular flexibility index (Phi) is 6.84. The molecule has 0 aliphatic heterocycles. The van der Waals surface area contributed by atoms with Gasteiger partial charge in [0.1, 0.15) is 11.8 Å². The van der Waals surface area contributed by atoms with Gasteiger partial charge in [-0.1, -0.05) is 42.8 Å². The number of pyridine rings is 1. The number of hydrogen-bond donors (Lipinski definition) is 3. The molecule has 6 nitrogen and oxygen atoms in total. The molecule has 0 amide bonds. The first kappa shape index (κ1) is 24.3. The first-order chi connectivity index (χ1) is 15.5. The van der Waals surface area contributed by atoms with Gasteiger partial charge in [-0.05, 0) is 47.4 Å². The summed E-state index contributed by atoms with van der Waals surface area (Å²) < 4.78 is 39.6. The third-order valence-electron chi connectivity index (χ3n) is 5.27. The summed E-state index contributed by atoms with van der Waals surface area (Å²) in [5.74, 6) is 5.85. The lowest BCUT2D eigenvalue weighted by Crippen LogP contribution is -2.49. The van der Waals surface area contributed by atoms with E-state index in [4.69, 9.17) is 23.2 Å². The van der Waals surface area contributed by atoms with Crippen LogP contribution in [0.3, 0.4) is 0 Å². The number of nitrogens with two attached hydrogens (primary N) is 2. The topological polar surface area (TPSA) is 112 Å². The second-order valence-electron chi connectivity index (χ2n) is 7.49. The van der Waals surface area contributed by atoms with Crippen molar-refractivity contribution in [3.05, 3.63) is 76.7 Å². The zero-order valence-corrected chi connectivity index (χ0v) is 18.3. The summed E-state index contributed by atoms with van der Waals surface area (Å²) in [7, 11) is 0. The highest BCUT2D eigenvalue weighted by Gasteiger charge is 2.54. The van der Waals surface area contributed by atoms with Gasteiger partial charge < -0.3 is 15.8 Å². The summed E-state index contributed by atoms with van der Waals surface area (Å²) in [6.45, 7) is 1.16. The zero-order valence-electron chi connectivity index (χ0n) is 17.6. The van der Waals surface area contributed by atoms with Gasteiger partial charge in [-0.25, -0.2) is 10.8 Å². The number of fused-ring (bicyclic) bond motifs is 1. The molecule has 0 aliphatic carbocycles. The Hall–Kier alpha value is -3.32. The van der Waals surface area contributed by atoms with Crippen molar-refractivity contribution >= 4 is 22.5 Å². The molecule has 3 aromatic rings. The average Bonchev–Trinajstić information content (AvgIpc) is 2.77. The molecule has 0 bridgehead atoms. The summed E-state index contributed by atoms with van der Waals surface area (Å²) in [5.41, 5.74) is 4.52. The lowest BCUT2D eigenvalue weighted by atomic mass is 9.96. The maximum Gasteiger partial charge on any atom is 0.422 e. The third-order valence-corrected chi connectivity index (χ3v) is 5.52. The summed E-state index contributed by atoms with van der Waals surface area (Å²) >= 11 is 5.97. The van der Waals surface area contributed by atoms with E-state index in [1.165, 1.54) is 6.92 Å². The molecule has 10 heteroatoms. The van der Waals surface area contributed by atoms with Crippen molar-refractivity contribution in [3.8, 4) is 17.2 Å². The largest absolute Gasteiger partial charge is 0.422 e. The first-order valence-electron chi connectivity index (χ1n) is 9.86. The van der Waals surface area contributed by atoms with Crippen LogP contribution in [0.5, 0.6) is 0 Å². The Balaban J connectivity index is 1.96. The quantitative estimate of drug-likeness (QED) is 0.354. The Morgan fingerprint density at radius 1 is 1.21 bits per heavy atom. The number of hydrogen-bond acceptors (Lipinski definition) is 6. The van der Waals surface area contributed by atoms with Crippen LogP contribution in [0.15, 0.2) is 60.4 Å². The second-order valence-corrected chi connectivity index (χ2v) is 7.93. The van der Waals surface area contributed by atoms with Gasteiger partial charge in [0, 0.05) is 16.6 Å². The van der Waals surface area contributed by atoms with Crippen LogP contribution in [0.4, 0.5) is 13.2 Å². The van der Waals surface area contributed by atoms with E-state index in [1.807, 2.05) is 18.2 Å². The van der Waals surface area contributed by atoms with Gasteiger partial charge in [0.15, 0.2) is 0 Å². The van der Waals surface area contributed by atoms with Gasteiger partial charge >= 0.3 is 6.18 Å². The van der Waals surface area contributed by atoms with Crippen molar-refractivity contribution < 1.29 is 18.3 Å². The van der Waals surface area contributed by atoms with Crippen LogP contribution in [-0.4, -0.2) is 26.9 Å². The minimum atomic E-state index is -4.94. The van der Waals surface area contributed by atoms with Gasteiger partial charge in [0.2, 0.25) is 5.60 Å². The highest BCUT2D eigenvalue weighted by Crippen LogP contribution is 2.37. The number of aliphatic hydroxyl groups is 1. The van der Waals surface area contributed by atoms with Crippen molar-refractivity contribution in [2.24, 2.45) is 11.6 Å². The molecule has 1 unspecified atom stereocenters. The molecule has 0 spiro atoms. The van der Waals surface area contributed by atoms with Gasteiger partial charge in [-0.2, -0.15) is 18.4 Å². The van der Waals surface area contributed by atoms with E-state index in [1.54, 1.807) is 36.4 Å². The fraction of sp³-hybridized carbons (Fsp3) is 0.217. The fourth-order valence-corrected chi connectivity index (χ4v) is 3.53. The van der Waals surface area contributed by atoms with Crippen LogP contribution in [0.2, 0.25) is 5.02 Å². The molecule has 2 aromatic carbocycles. The molecule has 0 saturated heterocycles. The molecule has 0 radical (unpaired) electrons. The standard InChI is InChI=1S/C23H21ClF3N5O/c1-2-22(33,23(25,26)27)21(29)13-32(30)12-14-3-8-18-19(15-4-6-16(24)7-5-15)10-17(11-28)31-20(18)9-14/h3-10,13,33H,2,12,29-30H2,1H3/b21-13-. The van der Waals surface area contributed by atoms with Crippen molar-refractivity contribution in [1.29, 1.82) is 5.26 Å². The Labute approximate surface area is 193 Å². The fourth-order valence-electron chi connectivity index (χ4n) is 3.41. The number of halogens is 4. The SMILES string of the molecule is CCC(O)(/C(N)=C/N(N)Cc1ccc2c(-c3ccc(Cl)cc3)cc(C#N)nc2c1)C(F)(F)F. The maximum absolute atomic E-state index is 13.2. The lowest BCUT2D eigenvalue weighted by Gasteiger charge is -2.30. The van der Waals surface area contributed by atoms with E-state index in [2.05, 4.69) is 4.98 Å². The van der Waals surface area contributed by atoms with Crippen LogP contribution < -0.4 is 11.6 Å².